The van der Waals surface area contributed by atoms with Gasteiger partial charge >= 0.3 is 0 Å². The highest BCUT2D eigenvalue weighted by atomic mass is 14.2. The van der Waals surface area contributed by atoms with Gasteiger partial charge in [0.1, 0.15) is 0 Å². The molecule has 0 aliphatic carbocycles. The van der Waals surface area contributed by atoms with Crippen LogP contribution in [0.5, 0.6) is 0 Å². The summed E-state index contributed by atoms with van der Waals surface area (Å²) in [6.07, 6.45) is 6.44. The minimum Gasteiger partial charge on any atom is -0.0911 e. The molecule has 0 amide bonds. The van der Waals surface area contributed by atoms with Crippen LogP contribution in [-0.4, -0.2) is 6.71 Å². The van der Waals surface area contributed by atoms with Crippen molar-refractivity contribution >= 4 is 34.2 Å². The van der Waals surface area contributed by atoms with E-state index in [0.717, 1.165) is 5.57 Å². The first kappa shape index (κ1) is 43.6. The third-order valence-corrected chi connectivity index (χ3v) is 9.73. The highest BCUT2D eigenvalue weighted by molar-refractivity contribution is 6.99. The Balaban J connectivity index is 0.000000331. The van der Waals surface area contributed by atoms with E-state index in [1.54, 1.807) is 0 Å². The van der Waals surface area contributed by atoms with E-state index < -0.39 is 0 Å². The first-order chi connectivity index (χ1) is 27.9. The Morgan fingerprint density at radius 3 is 1.60 bits per heavy atom. The SMILES string of the molecule is C=C(/C=C\C=C(/C)c1ccc2c(c1)-c1ccccc1B2c1ccccc1)c1cc(-c2ccccc2)ccc1C.CC.CC.Cc1ccc(C)cc1.c1ccccc1. The molecule has 0 N–H and O–H groups in total. The van der Waals surface area contributed by atoms with Gasteiger partial charge in [0, 0.05) is 0 Å². The van der Waals surface area contributed by atoms with Gasteiger partial charge in [-0.15, -0.1) is 0 Å². The molecule has 0 saturated heterocycles. The van der Waals surface area contributed by atoms with Crippen LogP contribution in [0.1, 0.15) is 62.4 Å². The fourth-order valence-electron chi connectivity index (χ4n) is 6.75. The number of hydrogen-bond acceptors (Lipinski definition) is 0. The summed E-state index contributed by atoms with van der Waals surface area (Å²) < 4.78 is 0. The Bertz CT molecular complexity index is 2260. The minimum atomic E-state index is 0.286. The lowest BCUT2D eigenvalue weighted by Crippen LogP contribution is -2.48. The van der Waals surface area contributed by atoms with Crippen LogP contribution in [0.15, 0.2) is 207 Å². The average Bonchev–Trinajstić information content (AvgIpc) is 3.61. The second-order valence-corrected chi connectivity index (χ2v) is 13.7. The standard InChI is InChI=1S/C38H31B.C8H10.C6H6.2C2H6/c1-27(13-12-14-28(2)35-26-32(22-21-29(35)3)30-15-6-4-7-16-30)31-23-24-38-36(25-31)34-19-10-11-20-37(34)39(38)33-17-8-5-9-18-33;1-7-3-5-8(2)6-4-7;1-2-4-6-5-3-1;2*1-2/h4-26H,2H2,1,3H3;3-6H,1-2H3;1-6H;2*1-2H3/b14-12-,27-13+;;;;. The smallest absolute Gasteiger partial charge is 0.0911 e. The molecule has 7 aromatic carbocycles. The van der Waals surface area contributed by atoms with Gasteiger partial charge in [-0.3, -0.25) is 0 Å². The maximum absolute atomic E-state index is 4.38. The van der Waals surface area contributed by atoms with Crippen LogP contribution in [0.25, 0.3) is 33.4 Å². The largest absolute Gasteiger partial charge is 0.242 e. The molecule has 286 valence electrons. The highest BCUT2D eigenvalue weighted by Crippen LogP contribution is 2.28. The quantitative estimate of drug-likeness (QED) is 0.118. The zero-order valence-electron chi connectivity index (χ0n) is 35.3. The lowest BCUT2D eigenvalue weighted by atomic mass is 9.39. The fraction of sp³-hybridized carbons (Fsp3) is 0.143. The van der Waals surface area contributed by atoms with Gasteiger partial charge in [-0.2, -0.15) is 0 Å². The molecule has 0 saturated carbocycles. The van der Waals surface area contributed by atoms with Crippen LogP contribution >= 0.6 is 0 Å². The molecule has 7 aromatic rings. The number of aryl methyl sites for hydroxylation is 3. The summed E-state index contributed by atoms with van der Waals surface area (Å²) in [5.41, 5.74) is 17.8. The molecule has 0 aromatic heterocycles. The van der Waals surface area contributed by atoms with E-state index in [-0.39, 0.29) is 6.71 Å². The molecule has 0 unspecified atom stereocenters. The van der Waals surface area contributed by atoms with Gasteiger partial charge in [0.15, 0.2) is 0 Å². The van der Waals surface area contributed by atoms with Crippen molar-refractivity contribution in [2.24, 2.45) is 0 Å². The fourth-order valence-corrected chi connectivity index (χ4v) is 6.75. The van der Waals surface area contributed by atoms with Gasteiger partial charge in [-0.25, -0.2) is 0 Å². The molecule has 57 heavy (non-hydrogen) atoms. The third-order valence-electron chi connectivity index (χ3n) is 9.73. The Kier molecular flexibility index (Phi) is 17.6. The second kappa shape index (κ2) is 23.0. The van der Waals surface area contributed by atoms with Gasteiger partial charge in [-0.05, 0) is 89.9 Å². The molecular formula is C56H59B. The minimum absolute atomic E-state index is 0.286. The summed E-state index contributed by atoms with van der Waals surface area (Å²) >= 11 is 0. The molecule has 1 aliphatic heterocycles. The van der Waals surface area contributed by atoms with Crippen molar-refractivity contribution in [3.8, 4) is 22.3 Å². The van der Waals surface area contributed by atoms with Crippen molar-refractivity contribution in [2.75, 3.05) is 0 Å². The van der Waals surface area contributed by atoms with E-state index in [0.29, 0.717) is 0 Å². The van der Waals surface area contributed by atoms with Crippen LogP contribution in [0.3, 0.4) is 0 Å². The molecule has 1 heteroatoms. The summed E-state index contributed by atoms with van der Waals surface area (Å²) in [5, 5.41) is 0. The van der Waals surface area contributed by atoms with E-state index in [4.69, 9.17) is 0 Å². The predicted octanol–water partition coefficient (Wildman–Crippen LogP) is 13.9. The molecule has 0 bridgehead atoms. The Labute approximate surface area is 345 Å². The van der Waals surface area contributed by atoms with Crippen molar-refractivity contribution in [2.45, 2.75) is 55.4 Å². The number of allylic oxidation sites excluding steroid dienone is 5. The number of hydrogen-bond donors (Lipinski definition) is 0. The lowest BCUT2D eigenvalue weighted by Gasteiger charge is -2.11. The average molecular weight is 743 g/mol. The lowest BCUT2D eigenvalue weighted by molar-refractivity contribution is 1.40. The molecule has 1 heterocycles. The highest BCUT2D eigenvalue weighted by Gasteiger charge is 2.32. The van der Waals surface area contributed by atoms with Gasteiger partial charge in [0.05, 0.1) is 0 Å². The van der Waals surface area contributed by atoms with E-state index in [9.17, 15) is 0 Å². The van der Waals surface area contributed by atoms with Crippen molar-refractivity contribution in [1.29, 1.82) is 0 Å². The van der Waals surface area contributed by atoms with Crippen molar-refractivity contribution in [3.05, 3.63) is 235 Å². The van der Waals surface area contributed by atoms with E-state index in [2.05, 4.69) is 198 Å². The van der Waals surface area contributed by atoms with Gasteiger partial charge < -0.3 is 0 Å². The van der Waals surface area contributed by atoms with Crippen LogP contribution < -0.4 is 16.4 Å². The molecule has 0 nitrogen and oxygen atoms in total. The number of fused-ring (bicyclic) bond motifs is 3. The summed E-state index contributed by atoms with van der Waals surface area (Å²) in [5.74, 6) is 0. The first-order valence-electron chi connectivity index (χ1n) is 20.4. The van der Waals surface area contributed by atoms with Crippen LogP contribution in [0.4, 0.5) is 0 Å². The Hall–Kier alpha value is -6.18. The van der Waals surface area contributed by atoms with E-state index in [1.807, 2.05) is 64.1 Å². The van der Waals surface area contributed by atoms with Crippen molar-refractivity contribution in [3.63, 3.8) is 0 Å². The van der Waals surface area contributed by atoms with E-state index in [1.165, 1.54) is 72.0 Å². The molecule has 8 rings (SSSR count). The Morgan fingerprint density at radius 2 is 1.00 bits per heavy atom. The predicted molar refractivity (Wildman–Crippen MR) is 256 cm³/mol. The molecule has 0 atom stereocenters. The normalized spacial score (nSPS) is 10.9. The van der Waals surface area contributed by atoms with Crippen LogP contribution in [0.2, 0.25) is 0 Å². The molecule has 0 fully saturated rings. The summed E-state index contributed by atoms with van der Waals surface area (Å²) in [6, 6.07) is 64.2. The molecular weight excluding hydrogens is 683 g/mol. The first-order valence-corrected chi connectivity index (χ1v) is 20.4. The topological polar surface area (TPSA) is 0 Å². The maximum Gasteiger partial charge on any atom is 0.242 e. The van der Waals surface area contributed by atoms with Crippen molar-refractivity contribution < 1.29 is 0 Å². The third kappa shape index (κ3) is 12.2. The zero-order chi connectivity index (χ0) is 41.0. The van der Waals surface area contributed by atoms with E-state index >= 15 is 0 Å². The van der Waals surface area contributed by atoms with Crippen molar-refractivity contribution in [1.82, 2.24) is 0 Å². The Morgan fingerprint density at radius 1 is 0.491 bits per heavy atom. The van der Waals surface area contributed by atoms with Crippen LogP contribution in [-0.2, 0) is 0 Å². The molecule has 0 spiro atoms. The molecule has 0 radical (unpaired) electrons. The second-order valence-electron chi connectivity index (χ2n) is 13.7. The van der Waals surface area contributed by atoms with Crippen LogP contribution in [0, 0.1) is 20.8 Å². The summed E-state index contributed by atoms with van der Waals surface area (Å²) in [4.78, 5) is 0. The maximum atomic E-state index is 4.38. The summed E-state index contributed by atoms with van der Waals surface area (Å²) in [6.45, 7) is 21.2. The van der Waals surface area contributed by atoms with Gasteiger partial charge in [0.2, 0.25) is 6.71 Å². The van der Waals surface area contributed by atoms with Gasteiger partial charge in [0.25, 0.3) is 0 Å². The zero-order valence-corrected chi connectivity index (χ0v) is 35.3. The summed E-state index contributed by atoms with van der Waals surface area (Å²) in [7, 11) is 0. The monoisotopic (exact) mass is 742 g/mol. The molecule has 1 aliphatic rings. The number of rotatable bonds is 6. The van der Waals surface area contributed by atoms with Gasteiger partial charge in [-0.1, -0.05) is 250 Å². The number of benzene rings is 7.